The number of phenolic OH excluding ortho intramolecular Hbond substituents is 2. The van der Waals surface area contributed by atoms with Crippen molar-refractivity contribution in [2.45, 2.75) is 12.8 Å². The zero-order valence-corrected chi connectivity index (χ0v) is 29.4. The van der Waals surface area contributed by atoms with Gasteiger partial charge in [0.15, 0.2) is 0 Å². The lowest BCUT2D eigenvalue weighted by Gasteiger charge is -2.14. The Balaban J connectivity index is 0.000000202. The monoisotopic (exact) mass is 744 g/mol. The van der Waals surface area contributed by atoms with E-state index in [1.807, 2.05) is 0 Å². The van der Waals surface area contributed by atoms with Gasteiger partial charge in [-0.3, -0.25) is 10.1 Å². The summed E-state index contributed by atoms with van der Waals surface area (Å²) in [4.78, 5) is 10.4. The molecule has 0 saturated carbocycles. The van der Waals surface area contributed by atoms with Crippen molar-refractivity contribution in [3.8, 4) is 45.3 Å². The number of aromatic hydroxyl groups is 2. The number of benzene rings is 6. The molecule has 0 aromatic heterocycles. The molecule has 52 heavy (non-hydrogen) atoms. The lowest BCUT2D eigenvalue weighted by molar-refractivity contribution is -0.385. The molecule has 0 aliphatic rings. The molecular formula is C40H32Cl2F2N2O6. The summed E-state index contributed by atoms with van der Waals surface area (Å²) in [6, 6.07) is 28.7. The van der Waals surface area contributed by atoms with Crippen molar-refractivity contribution in [2.24, 2.45) is 0 Å². The maximum absolute atomic E-state index is 15.3. The number of hydrogen-bond acceptors (Lipinski definition) is 7. The Labute approximate surface area is 308 Å². The van der Waals surface area contributed by atoms with E-state index in [1.54, 1.807) is 84.9 Å². The van der Waals surface area contributed by atoms with Gasteiger partial charge in [-0.1, -0.05) is 59.6 Å². The van der Waals surface area contributed by atoms with Crippen molar-refractivity contribution in [3.05, 3.63) is 163 Å². The Bertz CT molecular complexity index is 2250. The van der Waals surface area contributed by atoms with Crippen molar-refractivity contribution >= 4 is 34.6 Å². The number of nitro groups is 1. The van der Waals surface area contributed by atoms with Crippen molar-refractivity contribution < 1.29 is 33.4 Å². The minimum absolute atomic E-state index is 0.0546. The van der Waals surface area contributed by atoms with Crippen LogP contribution in [0, 0.1) is 21.7 Å². The van der Waals surface area contributed by atoms with E-state index in [9.17, 15) is 20.3 Å². The van der Waals surface area contributed by atoms with Crippen molar-refractivity contribution in [1.29, 1.82) is 0 Å². The second kappa shape index (κ2) is 16.5. The van der Waals surface area contributed by atoms with Crippen molar-refractivity contribution in [1.82, 2.24) is 0 Å². The van der Waals surface area contributed by atoms with Gasteiger partial charge in [-0.2, -0.15) is 0 Å². The van der Waals surface area contributed by atoms with E-state index < -0.39 is 10.7 Å². The Morgan fingerprint density at radius 3 is 1.56 bits per heavy atom. The lowest BCUT2D eigenvalue weighted by Crippen LogP contribution is -1.99. The smallest absolute Gasteiger partial charge is 0.273 e. The number of phenols is 2. The third kappa shape index (κ3) is 8.90. The molecule has 0 aliphatic heterocycles. The molecular weight excluding hydrogens is 713 g/mol. The summed E-state index contributed by atoms with van der Waals surface area (Å²) >= 11 is 12.1. The Morgan fingerprint density at radius 2 is 1.13 bits per heavy atom. The van der Waals surface area contributed by atoms with Crippen molar-refractivity contribution in [3.63, 3.8) is 0 Å². The maximum Gasteiger partial charge on any atom is 0.273 e. The summed E-state index contributed by atoms with van der Waals surface area (Å²) in [5.74, 6) is -0.312. The summed E-state index contributed by atoms with van der Waals surface area (Å²) in [6.07, 6.45) is 0.362. The van der Waals surface area contributed by atoms with E-state index in [0.717, 1.165) is 11.6 Å². The molecule has 0 atom stereocenters. The Morgan fingerprint density at radius 1 is 0.673 bits per heavy atom. The predicted octanol–water partition coefficient (Wildman–Crippen LogP) is 10.4. The molecule has 0 radical (unpaired) electrons. The number of hydrogen-bond donors (Lipinski definition) is 3. The fraction of sp³-hybridized carbons (Fsp3) is 0.100. The summed E-state index contributed by atoms with van der Waals surface area (Å²) in [5, 5.41) is 31.3. The summed E-state index contributed by atoms with van der Waals surface area (Å²) in [6.45, 7) is 0. The highest BCUT2D eigenvalue weighted by Gasteiger charge is 2.19. The Hall–Kier alpha value is -5.84. The topological polar surface area (TPSA) is 128 Å². The van der Waals surface area contributed by atoms with E-state index in [0.29, 0.717) is 67.0 Å². The van der Waals surface area contributed by atoms with Gasteiger partial charge in [-0.05, 0) is 88.0 Å². The molecule has 0 aliphatic carbocycles. The number of nitrogens with two attached hydrogens (primary N) is 1. The van der Waals surface area contributed by atoms with Gasteiger partial charge in [0, 0.05) is 40.7 Å². The molecule has 0 heterocycles. The van der Waals surface area contributed by atoms with Crippen LogP contribution in [0.5, 0.6) is 23.0 Å². The lowest BCUT2D eigenvalue weighted by atomic mass is 9.97. The number of nitrogens with zero attached hydrogens (tertiary/aromatic N) is 1. The first-order valence-electron chi connectivity index (χ1n) is 15.6. The number of ether oxygens (including phenoxy) is 2. The molecule has 0 spiro atoms. The molecule has 8 nitrogen and oxygen atoms in total. The first-order valence-corrected chi connectivity index (χ1v) is 16.4. The summed E-state index contributed by atoms with van der Waals surface area (Å²) in [5.41, 5.74) is 9.65. The summed E-state index contributed by atoms with van der Waals surface area (Å²) < 4.78 is 41.1. The fourth-order valence-corrected chi connectivity index (χ4v) is 6.13. The normalized spacial score (nSPS) is 10.7. The Kier molecular flexibility index (Phi) is 11.8. The number of nitro benzene ring substituents is 1. The highest BCUT2D eigenvalue weighted by molar-refractivity contribution is 6.31. The number of halogens is 4. The van der Waals surface area contributed by atoms with E-state index in [-0.39, 0.29) is 35.0 Å². The molecule has 0 saturated heterocycles. The van der Waals surface area contributed by atoms with Gasteiger partial charge in [0.2, 0.25) is 0 Å². The number of non-ortho nitro benzene ring substituents is 1. The minimum atomic E-state index is -0.606. The average Bonchev–Trinajstić information content (AvgIpc) is 3.09. The molecule has 6 aromatic rings. The largest absolute Gasteiger partial charge is 0.508 e. The van der Waals surface area contributed by atoms with Gasteiger partial charge in [-0.15, -0.1) is 0 Å². The molecule has 0 amide bonds. The molecule has 6 aromatic carbocycles. The SMILES string of the molecule is COc1ccc(Cc2cc(N)cc(O)c2)c(F)c1-c1cccc(Cl)c1.COc1ccc(Cc2cc(O)cc([N+](=O)[O-])c2)c(F)c1-c1cccc(Cl)c1. The first-order chi connectivity index (χ1) is 24.9. The van der Waals surface area contributed by atoms with Crippen LogP contribution in [0.1, 0.15) is 22.3 Å². The number of nitrogen functional groups attached to an aromatic ring is 1. The molecule has 4 N–H and O–H groups in total. The van der Waals surface area contributed by atoms with Crippen LogP contribution in [-0.4, -0.2) is 29.4 Å². The fourth-order valence-electron chi connectivity index (χ4n) is 5.75. The van der Waals surface area contributed by atoms with Crippen LogP contribution in [0.15, 0.2) is 109 Å². The zero-order valence-electron chi connectivity index (χ0n) is 27.9. The van der Waals surface area contributed by atoms with Gasteiger partial charge in [0.25, 0.3) is 5.69 Å². The van der Waals surface area contributed by atoms with Crippen LogP contribution in [0.4, 0.5) is 20.2 Å². The van der Waals surface area contributed by atoms with E-state index in [1.165, 1.54) is 32.4 Å². The van der Waals surface area contributed by atoms with E-state index in [4.69, 9.17) is 38.4 Å². The second-order valence-electron chi connectivity index (χ2n) is 11.7. The van der Waals surface area contributed by atoms with E-state index >= 15 is 8.78 Å². The van der Waals surface area contributed by atoms with Crippen LogP contribution in [0.2, 0.25) is 10.0 Å². The zero-order chi connectivity index (χ0) is 37.5. The second-order valence-corrected chi connectivity index (χ2v) is 12.5. The number of methoxy groups -OCH3 is 2. The minimum Gasteiger partial charge on any atom is -0.508 e. The molecule has 0 unspecified atom stereocenters. The standard InChI is InChI=1S/C20H15ClFNO4.C20H17ClFNO2/c1-27-18-6-5-14(7-12-8-16(23(25)26)11-17(24)9-12)20(22)19(18)13-3-2-4-15(21)10-13;1-25-18-6-5-14(7-12-8-16(23)11-17(24)9-12)20(22)19(18)13-3-2-4-15(21)10-13/h2-6,8-11,24H,7H2,1H3;2-6,8-11,24H,7,23H2,1H3. The predicted molar refractivity (Wildman–Crippen MR) is 200 cm³/mol. The van der Waals surface area contributed by atoms with Crippen LogP contribution < -0.4 is 15.2 Å². The highest BCUT2D eigenvalue weighted by Crippen LogP contribution is 2.38. The molecule has 266 valence electrons. The molecule has 0 bridgehead atoms. The van der Waals surface area contributed by atoms with Gasteiger partial charge in [0.05, 0.1) is 36.3 Å². The van der Waals surface area contributed by atoms with E-state index in [2.05, 4.69) is 0 Å². The number of anilines is 1. The number of rotatable bonds is 9. The van der Waals surface area contributed by atoms with Crippen LogP contribution >= 0.6 is 23.2 Å². The first kappa shape index (κ1) is 37.4. The summed E-state index contributed by atoms with van der Waals surface area (Å²) in [7, 11) is 2.94. The van der Waals surface area contributed by atoms with Crippen LogP contribution in [0.25, 0.3) is 22.3 Å². The maximum atomic E-state index is 15.3. The molecule has 12 heteroatoms. The third-order valence-corrected chi connectivity index (χ3v) is 8.47. The van der Waals surface area contributed by atoms with Gasteiger partial charge in [0.1, 0.15) is 34.6 Å². The van der Waals surface area contributed by atoms with Crippen LogP contribution in [-0.2, 0) is 12.8 Å². The van der Waals surface area contributed by atoms with Crippen LogP contribution in [0.3, 0.4) is 0 Å². The van der Waals surface area contributed by atoms with Crippen molar-refractivity contribution in [2.75, 3.05) is 20.0 Å². The van der Waals surface area contributed by atoms with Gasteiger partial charge < -0.3 is 25.4 Å². The molecule has 6 rings (SSSR count). The van der Waals surface area contributed by atoms with Gasteiger partial charge >= 0.3 is 0 Å². The van der Waals surface area contributed by atoms with Gasteiger partial charge in [-0.25, -0.2) is 8.78 Å². The highest BCUT2D eigenvalue weighted by atomic mass is 35.5. The third-order valence-electron chi connectivity index (χ3n) is 8.00. The molecule has 0 fully saturated rings. The average molecular weight is 746 g/mol. The quantitative estimate of drug-likeness (QED) is 0.0763.